The number of carbonyl (C=O) groups is 1. The van der Waals surface area contributed by atoms with Crippen molar-refractivity contribution < 1.29 is 9.53 Å². The number of hydrogen-bond donors (Lipinski definition) is 2. The molecule has 1 unspecified atom stereocenters. The van der Waals surface area contributed by atoms with Gasteiger partial charge in [-0.1, -0.05) is 30.3 Å². The second-order valence-corrected chi connectivity index (χ2v) is 8.95. The summed E-state index contributed by atoms with van der Waals surface area (Å²) in [4.78, 5) is 19.8. The highest BCUT2D eigenvalue weighted by molar-refractivity contribution is 7.99. The number of thioether (sulfide) groups is 1. The van der Waals surface area contributed by atoms with Gasteiger partial charge in [-0.3, -0.25) is 9.79 Å². The molecule has 1 aromatic carbocycles. The van der Waals surface area contributed by atoms with Gasteiger partial charge in [-0.15, -0.1) is 0 Å². The average Bonchev–Trinajstić information content (AvgIpc) is 2.73. The second-order valence-electron chi connectivity index (χ2n) is 7.44. The lowest BCUT2D eigenvalue weighted by molar-refractivity contribution is -0.136. The molecule has 1 aromatic rings. The summed E-state index contributed by atoms with van der Waals surface area (Å²) in [5, 5.41) is 6.68. The summed E-state index contributed by atoms with van der Waals surface area (Å²) < 4.78 is 5.47. The smallest absolute Gasteiger partial charge is 0.232 e. The minimum atomic E-state index is -0.253. The number of rotatable bonds is 8. The van der Waals surface area contributed by atoms with E-state index in [1.807, 2.05) is 42.2 Å². The minimum absolute atomic E-state index is 0.0742. The first kappa shape index (κ1) is 22.6. The average molecular weight is 407 g/mol. The molecule has 0 aliphatic carbocycles. The summed E-state index contributed by atoms with van der Waals surface area (Å²) in [5.41, 5.74) is 1.02. The highest BCUT2D eigenvalue weighted by Gasteiger charge is 2.27. The van der Waals surface area contributed by atoms with E-state index >= 15 is 0 Å². The molecule has 28 heavy (non-hydrogen) atoms. The number of guanidine groups is 1. The van der Waals surface area contributed by atoms with Gasteiger partial charge in [0.2, 0.25) is 5.91 Å². The fourth-order valence-corrected chi connectivity index (χ4v) is 3.11. The van der Waals surface area contributed by atoms with Crippen LogP contribution in [0.5, 0.6) is 0 Å². The largest absolute Gasteiger partial charge is 0.378 e. The van der Waals surface area contributed by atoms with Gasteiger partial charge in [0.25, 0.3) is 0 Å². The fourth-order valence-electron chi connectivity index (χ4n) is 2.91. The van der Waals surface area contributed by atoms with E-state index in [-0.39, 0.29) is 16.6 Å². The molecule has 2 N–H and O–H groups in total. The van der Waals surface area contributed by atoms with Crippen LogP contribution >= 0.6 is 11.8 Å². The molecule has 1 amide bonds. The zero-order valence-corrected chi connectivity index (χ0v) is 18.3. The van der Waals surface area contributed by atoms with Crippen LogP contribution in [-0.4, -0.2) is 73.7 Å². The zero-order valence-electron chi connectivity index (χ0n) is 17.5. The number of benzene rings is 1. The number of hydrogen-bond acceptors (Lipinski definition) is 4. The van der Waals surface area contributed by atoms with Crippen molar-refractivity contribution in [3.8, 4) is 0 Å². The number of morpholine rings is 1. The summed E-state index contributed by atoms with van der Waals surface area (Å²) >= 11 is 1.80. The maximum Gasteiger partial charge on any atom is 0.232 e. The van der Waals surface area contributed by atoms with E-state index in [0.29, 0.717) is 39.4 Å². The molecule has 1 heterocycles. The van der Waals surface area contributed by atoms with Crippen molar-refractivity contribution in [3.05, 3.63) is 35.9 Å². The molecule has 0 spiro atoms. The third-order valence-corrected chi connectivity index (χ3v) is 6.05. The molecule has 1 aliphatic rings. The molecule has 0 saturated carbocycles. The van der Waals surface area contributed by atoms with Gasteiger partial charge in [0, 0.05) is 30.9 Å². The van der Waals surface area contributed by atoms with Crippen LogP contribution in [0.1, 0.15) is 32.3 Å². The molecule has 0 radical (unpaired) electrons. The quantitative estimate of drug-likeness (QED) is 0.512. The first-order chi connectivity index (χ1) is 13.5. The first-order valence-electron chi connectivity index (χ1n) is 9.95. The van der Waals surface area contributed by atoms with E-state index in [1.54, 1.807) is 11.8 Å². The Labute approximate surface area is 173 Å². The fraction of sp³-hybridized carbons (Fsp3) is 0.619. The molecule has 2 rings (SSSR count). The SMILES string of the molecule is CCNC(=NCC(C)(C)SC)NCC(C(=O)N1CCOCC1)c1ccccc1. The van der Waals surface area contributed by atoms with Crippen LogP contribution in [0, 0.1) is 0 Å². The number of amides is 1. The van der Waals surface area contributed by atoms with Crippen molar-refractivity contribution >= 4 is 23.6 Å². The van der Waals surface area contributed by atoms with Crippen LogP contribution in [0.25, 0.3) is 0 Å². The summed E-state index contributed by atoms with van der Waals surface area (Å²) in [6.07, 6.45) is 2.10. The molecular weight excluding hydrogens is 372 g/mol. The standard InChI is InChI=1S/C21H34N4O2S/c1-5-22-20(24-16-21(2,3)28-4)23-15-18(17-9-7-6-8-10-17)19(26)25-11-13-27-14-12-25/h6-10,18H,5,11-16H2,1-4H3,(H2,22,23,24). The Bertz CT molecular complexity index is 631. The number of nitrogens with one attached hydrogen (secondary N) is 2. The molecule has 6 nitrogen and oxygen atoms in total. The third-order valence-electron chi connectivity index (χ3n) is 4.81. The van der Waals surface area contributed by atoms with Gasteiger partial charge in [0.1, 0.15) is 0 Å². The normalized spacial score (nSPS) is 16.6. The van der Waals surface area contributed by atoms with Crippen molar-refractivity contribution in [1.29, 1.82) is 0 Å². The predicted octanol–water partition coefficient (Wildman–Crippen LogP) is 2.33. The van der Waals surface area contributed by atoms with E-state index in [0.717, 1.165) is 18.1 Å². The van der Waals surface area contributed by atoms with E-state index < -0.39 is 0 Å². The third kappa shape index (κ3) is 7.02. The second kappa shape index (κ2) is 11.3. The van der Waals surface area contributed by atoms with Crippen LogP contribution in [0.3, 0.4) is 0 Å². The molecule has 1 aliphatic heterocycles. The Morgan fingerprint density at radius 2 is 1.93 bits per heavy atom. The number of nitrogens with zero attached hydrogens (tertiary/aromatic N) is 2. The van der Waals surface area contributed by atoms with Crippen LogP contribution in [0.2, 0.25) is 0 Å². The molecule has 156 valence electrons. The van der Waals surface area contributed by atoms with Gasteiger partial charge in [0.15, 0.2) is 5.96 Å². The Kier molecular flexibility index (Phi) is 9.12. The first-order valence-corrected chi connectivity index (χ1v) is 11.2. The topological polar surface area (TPSA) is 66.0 Å². The maximum atomic E-state index is 13.2. The Morgan fingerprint density at radius 1 is 1.25 bits per heavy atom. The molecule has 0 aromatic heterocycles. The summed E-state index contributed by atoms with van der Waals surface area (Å²) in [5.74, 6) is 0.638. The summed E-state index contributed by atoms with van der Waals surface area (Å²) in [6.45, 7) is 10.9. The molecule has 7 heteroatoms. The van der Waals surface area contributed by atoms with E-state index in [2.05, 4.69) is 30.7 Å². The molecule has 1 fully saturated rings. The van der Waals surface area contributed by atoms with Crippen LogP contribution in [0.4, 0.5) is 0 Å². The van der Waals surface area contributed by atoms with Crippen LogP contribution in [-0.2, 0) is 9.53 Å². The molecule has 0 bridgehead atoms. The maximum absolute atomic E-state index is 13.2. The summed E-state index contributed by atoms with van der Waals surface area (Å²) in [6, 6.07) is 9.98. The number of ether oxygens (including phenoxy) is 1. The van der Waals surface area contributed by atoms with Crippen molar-refractivity contribution in [2.24, 2.45) is 4.99 Å². The van der Waals surface area contributed by atoms with E-state index in [9.17, 15) is 4.79 Å². The van der Waals surface area contributed by atoms with Crippen LogP contribution < -0.4 is 10.6 Å². The summed E-state index contributed by atoms with van der Waals surface area (Å²) in [7, 11) is 0. The number of aliphatic imine (C=N–C) groups is 1. The minimum Gasteiger partial charge on any atom is -0.378 e. The molecular formula is C21H34N4O2S. The van der Waals surface area contributed by atoms with Gasteiger partial charge in [-0.25, -0.2) is 0 Å². The van der Waals surface area contributed by atoms with E-state index in [4.69, 9.17) is 9.73 Å². The van der Waals surface area contributed by atoms with Crippen molar-refractivity contribution in [1.82, 2.24) is 15.5 Å². The Hall–Kier alpha value is -1.73. The lowest BCUT2D eigenvalue weighted by atomic mass is 9.97. The van der Waals surface area contributed by atoms with Gasteiger partial charge in [-0.05, 0) is 32.6 Å². The molecule has 1 atom stereocenters. The van der Waals surface area contributed by atoms with Gasteiger partial charge in [-0.2, -0.15) is 11.8 Å². The predicted molar refractivity (Wildman–Crippen MR) is 118 cm³/mol. The van der Waals surface area contributed by atoms with Crippen LogP contribution in [0.15, 0.2) is 35.3 Å². The lowest BCUT2D eigenvalue weighted by Crippen LogP contribution is -2.47. The lowest BCUT2D eigenvalue weighted by Gasteiger charge is -2.31. The van der Waals surface area contributed by atoms with Crippen molar-refractivity contribution in [3.63, 3.8) is 0 Å². The van der Waals surface area contributed by atoms with E-state index in [1.165, 1.54) is 0 Å². The van der Waals surface area contributed by atoms with Crippen molar-refractivity contribution in [2.75, 3.05) is 52.2 Å². The Morgan fingerprint density at radius 3 is 2.54 bits per heavy atom. The zero-order chi connectivity index (χ0) is 20.4. The highest BCUT2D eigenvalue weighted by Crippen LogP contribution is 2.21. The highest BCUT2D eigenvalue weighted by atomic mass is 32.2. The van der Waals surface area contributed by atoms with Crippen molar-refractivity contribution in [2.45, 2.75) is 31.4 Å². The molecule has 1 saturated heterocycles. The van der Waals surface area contributed by atoms with Gasteiger partial charge >= 0.3 is 0 Å². The number of carbonyl (C=O) groups excluding carboxylic acids is 1. The van der Waals surface area contributed by atoms with Gasteiger partial charge < -0.3 is 20.3 Å². The van der Waals surface area contributed by atoms with Gasteiger partial charge in [0.05, 0.1) is 25.7 Å². The monoisotopic (exact) mass is 406 g/mol. The Balaban J connectivity index is 2.12.